The molecule has 6 nitrogen and oxygen atoms in total. The lowest BCUT2D eigenvalue weighted by Crippen LogP contribution is -2.39. The molecule has 3 rings (SSSR count). The number of sulfonamides is 1. The van der Waals surface area contributed by atoms with Crippen molar-refractivity contribution in [2.75, 3.05) is 19.6 Å². The smallest absolute Gasteiger partial charge is 0.245 e. The Morgan fingerprint density at radius 1 is 1.38 bits per heavy atom. The molecule has 0 bridgehead atoms. The number of hydrogen-bond donors (Lipinski definition) is 2. The average Bonchev–Trinajstić information content (AvgIpc) is 2.92. The minimum absolute atomic E-state index is 0. The Morgan fingerprint density at radius 3 is 2.76 bits per heavy atom. The second kappa shape index (κ2) is 6.31. The summed E-state index contributed by atoms with van der Waals surface area (Å²) in [6.07, 6.45) is 4.83. The quantitative estimate of drug-likeness (QED) is 0.888. The first-order valence-electron chi connectivity index (χ1n) is 6.75. The van der Waals surface area contributed by atoms with Crippen LogP contribution in [0.5, 0.6) is 0 Å². The maximum Gasteiger partial charge on any atom is 0.245 e. The van der Waals surface area contributed by atoms with Crippen LogP contribution in [0, 0.1) is 5.92 Å². The van der Waals surface area contributed by atoms with E-state index in [1.807, 2.05) is 0 Å². The van der Waals surface area contributed by atoms with Crippen LogP contribution in [0.25, 0.3) is 11.0 Å². The standard InChI is InChI=1S/C13H18N4O2S.ClH/c14-8-10-3-6-17(7-4-10)20(18,19)12-9-16-13-11(12)2-1-5-15-13;/h1-2,5,9-10H,3-4,6-8,14H2,(H,15,16);1H. The summed E-state index contributed by atoms with van der Waals surface area (Å²) in [5.41, 5.74) is 6.25. The van der Waals surface area contributed by atoms with Gasteiger partial charge in [0.05, 0.1) is 0 Å². The molecule has 2 aromatic rings. The number of nitrogens with two attached hydrogens (primary N) is 1. The number of hydrogen-bond acceptors (Lipinski definition) is 4. The zero-order valence-corrected chi connectivity index (χ0v) is 13.2. The predicted octanol–water partition coefficient (Wildman–Crippen LogP) is 1.34. The number of pyridine rings is 1. The molecule has 0 aliphatic carbocycles. The van der Waals surface area contributed by atoms with E-state index >= 15 is 0 Å². The minimum atomic E-state index is -3.46. The van der Waals surface area contributed by atoms with Gasteiger partial charge in [0, 0.05) is 30.9 Å². The summed E-state index contributed by atoms with van der Waals surface area (Å²) in [4.78, 5) is 7.36. The van der Waals surface area contributed by atoms with Crippen molar-refractivity contribution in [2.45, 2.75) is 17.7 Å². The molecule has 116 valence electrons. The summed E-state index contributed by atoms with van der Waals surface area (Å²) in [5, 5.41) is 0.647. The molecule has 3 heterocycles. The first-order chi connectivity index (χ1) is 9.63. The molecule has 1 saturated heterocycles. The molecule has 1 aliphatic heterocycles. The van der Waals surface area contributed by atoms with Crippen LogP contribution >= 0.6 is 12.4 Å². The van der Waals surface area contributed by atoms with Crippen molar-refractivity contribution in [3.8, 4) is 0 Å². The van der Waals surface area contributed by atoms with Crippen molar-refractivity contribution < 1.29 is 8.42 Å². The van der Waals surface area contributed by atoms with Crippen LogP contribution in [-0.2, 0) is 10.0 Å². The van der Waals surface area contributed by atoms with Crippen LogP contribution in [0.4, 0.5) is 0 Å². The Balaban J connectivity index is 0.00000161. The van der Waals surface area contributed by atoms with Gasteiger partial charge in [0.1, 0.15) is 10.5 Å². The SMILES string of the molecule is Cl.NCC1CCN(S(=O)(=O)c2c[nH]c3ncccc23)CC1. The highest BCUT2D eigenvalue weighted by atomic mass is 35.5. The van der Waals surface area contributed by atoms with Crippen molar-refractivity contribution in [2.24, 2.45) is 11.7 Å². The summed E-state index contributed by atoms with van der Waals surface area (Å²) < 4.78 is 27.0. The second-order valence-electron chi connectivity index (χ2n) is 5.14. The lowest BCUT2D eigenvalue weighted by molar-refractivity contribution is 0.278. The Bertz CT molecular complexity index is 708. The number of nitrogens with zero attached hydrogens (tertiary/aromatic N) is 2. The maximum atomic E-state index is 12.7. The first kappa shape index (κ1) is 16.2. The number of halogens is 1. The molecule has 0 aromatic carbocycles. The number of aromatic nitrogens is 2. The highest BCUT2D eigenvalue weighted by molar-refractivity contribution is 7.89. The lowest BCUT2D eigenvalue weighted by Gasteiger charge is -2.30. The van der Waals surface area contributed by atoms with Crippen LogP contribution in [-0.4, -0.2) is 42.3 Å². The number of aromatic amines is 1. The normalized spacial score (nSPS) is 17.8. The van der Waals surface area contributed by atoms with Gasteiger partial charge in [-0.15, -0.1) is 12.4 Å². The minimum Gasteiger partial charge on any atom is -0.345 e. The summed E-state index contributed by atoms with van der Waals surface area (Å²) in [6.45, 7) is 1.71. The number of rotatable bonds is 3. The summed E-state index contributed by atoms with van der Waals surface area (Å²) in [5.74, 6) is 0.436. The third kappa shape index (κ3) is 2.91. The van der Waals surface area contributed by atoms with Crippen LogP contribution < -0.4 is 5.73 Å². The van der Waals surface area contributed by atoms with E-state index in [2.05, 4.69) is 9.97 Å². The number of fused-ring (bicyclic) bond motifs is 1. The number of nitrogens with one attached hydrogen (secondary N) is 1. The number of H-pyrrole nitrogens is 1. The molecule has 1 fully saturated rings. The second-order valence-corrected chi connectivity index (χ2v) is 7.04. The van der Waals surface area contributed by atoms with Gasteiger partial charge in [-0.3, -0.25) is 0 Å². The third-order valence-electron chi connectivity index (χ3n) is 3.94. The van der Waals surface area contributed by atoms with Gasteiger partial charge in [-0.25, -0.2) is 13.4 Å². The van der Waals surface area contributed by atoms with E-state index in [1.165, 1.54) is 6.20 Å². The topological polar surface area (TPSA) is 92.1 Å². The fourth-order valence-electron chi connectivity index (χ4n) is 2.67. The van der Waals surface area contributed by atoms with Gasteiger partial charge < -0.3 is 10.7 Å². The zero-order valence-electron chi connectivity index (χ0n) is 11.5. The molecule has 0 saturated carbocycles. The van der Waals surface area contributed by atoms with Crippen molar-refractivity contribution in [3.05, 3.63) is 24.5 Å². The summed E-state index contributed by atoms with van der Waals surface area (Å²) >= 11 is 0. The summed E-state index contributed by atoms with van der Waals surface area (Å²) in [7, 11) is -3.46. The van der Waals surface area contributed by atoms with Gasteiger partial charge in [-0.1, -0.05) is 0 Å². The number of piperidine rings is 1. The maximum absolute atomic E-state index is 12.7. The van der Waals surface area contributed by atoms with Crippen LogP contribution in [0.1, 0.15) is 12.8 Å². The van der Waals surface area contributed by atoms with Gasteiger partial charge in [0.25, 0.3) is 0 Å². The Morgan fingerprint density at radius 2 is 2.10 bits per heavy atom. The van der Waals surface area contributed by atoms with Gasteiger partial charge in [0.2, 0.25) is 10.0 Å². The first-order valence-corrected chi connectivity index (χ1v) is 8.19. The molecule has 8 heteroatoms. The Kier molecular flexibility index (Phi) is 4.88. The molecule has 2 aromatic heterocycles. The van der Waals surface area contributed by atoms with Crippen molar-refractivity contribution in [1.29, 1.82) is 0 Å². The Hall–Kier alpha value is -1.15. The fourth-order valence-corrected chi connectivity index (χ4v) is 4.29. The molecular formula is C13H19ClN4O2S. The van der Waals surface area contributed by atoms with Gasteiger partial charge in [-0.05, 0) is 37.4 Å². The monoisotopic (exact) mass is 330 g/mol. The van der Waals surface area contributed by atoms with Crippen LogP contribution in [0.3, 0.4) is 0 Å². The van der Waals surface area contributed by atoms with E-state index in [0.717, 1.165) is 12.8 Å². The van der Waals surface area contributed by atoms with Gasteiger partial charge in [0.15, 0.2) is 0 Å². The van der Waals surface area contributed by atoms with Crippen molar-refractivity contribution in [1.82, 2.24) is 14.3 Å². The molecule has 1 aliphatic rings. The highest BCUT2D eigenvalue weighted by Gasteiger charge is 2.30. The fraction of sp³-hybridized carbons (Fsp3) is 0.462. The molecule has 0 unspecified atom stereocenters. The molecule has 3 N–H and O–H groups in total. The lowest BCUT2D eigenvalue weighted by atomic mass is 9.99. The molecule has 0 radical (unpaired) electrons. The largest absolute Gasteiger partial charge is 0.345 e. The van der Waals surface area contributed by atoms with Gasteiger partial charge >= 0.3 is 0 Å². The van der Waals surface area contributed by atoms with Crippen LogP contribution in [0.2, 0.25) is 0 Å². The van der Waals surface area contributed by atoms with Crippen molar-refractivity contribution >= 4 is 33.5 Å². The highest BCUT2D eigenvalue weighted by Crippen LogP contribution is 2.27. The molecule has 0 amide bonds. The van der Waals surface area contributed by atoms with E-state index < -0.39 is 10.0 Å². The third-order valence-corrected chi connectivity index (χ3v) is 5.88. The Labute approximate surface area is 130 Å². The zero-order chi connectivity index (χ0) is 14.2. The van der Waals surface area contributed by atoms with Crippen molar-refractivity contribution in [3.63, 3.8) is 0 Å². The van der Waals surface area contributed by atoms with E-state index in [-0.39, 0.29) is 12.4 Å². The molecule has 0 atom stereocenters. The molecular weight excluding hydrogens is 312 g/mol. The van der Waals surface area contributed by atoms with E-state index in [4.69, 9.17) is 5.73 Å². The van der Waals surface area contributed by atoms with E-state index in [1.54, 1.807) is 22.6 Å². The van der Waals surface area contributed by atoms with Gasteiger partial charge in [-0.2, -0.15) is 4.31 Å². The predicted molar refractivity (Wildman–Crippen MR) is 83.9 cm³/mol. The molecule has 21 heavy (non-hydrogen) atoms. The van der Waals surface area contributed by atoms with E-state index in [0.29, 0.717) is 41.5 Å². The average molecular weight is 331 g/mol. The van der Waals surface area contributed by atoms with E-state index in [9.17, 15) is 8.42 Å². The van der Waals surface area contributed by atoms with Crippen LogP contribution in [0.15, 0.2) is 29.4 Å². The summed E-state index contributed by atoms with van der Waals surface area (Å²) in [6, 6.07) is 3.52. The molecule has 0 spiro atoms.